The average molecular weight is 1080 g/mol. The zero-order valence-electron chi connectivity index (χ0n) is 36.0. The second-order valence-electron chi connectivity index (χ2n) is 12.3. The Kier molecular flexibility index (Phi) is 23.8. The molecule has 0 aliphatic rings. The van der Waals surface area contributed by atoms with Gasteiger partial charge in [-0.2, -0.15) is 0 Å². The Morgan fingerprint density at radius 3 is 0.821 bits per heavy atom. The zero-order valence-corrected chi connectivity index (χ0v) is 39.5. The van der Waals surface area contributed by atoms with Crippen LogP contribution in [0.3, 0.4) is 0 Å². The summed E-state index contributed by atoms with van der Waals surface area (Å²) < 4.78 is 128. The van der Waals surface area contributed by atoms with Crippen molar-refractivity contribution in [3.05, 3.63) is 145 Å². The average Bonchev–Trinajstić information content (AvgIpc) is 3.26. The molecule has 0 spiro atoms. The molecule has 8 nitrogen and oxygen atoms in total. The van der Waals surface area contributed by atoms with Gasteiger partial charge in [0.1, 0.15) is 0 Å². The first-order valence-electron chi connectivity index (χ1n) is 19.0. The SMILES string of the molecule is C#Cc1cnc2c(ccc3cc(C#C)cnc32)c1.CCOCC.CCOCC.F[P-](F)(F)(F)(F)F.F[P-](F)(F)(F)(F)F.[Ru+2].c1ccc(-c2ccccn2)nc1.c1ccc(-c2ccccn2)nc1. The van der Waals surface area contributed by atoms with Crippen LogP contribution in [0.25, 0.3) is 44.6 Å². The molecule has 7 aromatic rings. The van der Waals surface area contributed by atoms with Crippen molar-refractivity contribution in [2.75, 3.05) is 26.4 Å². The molecule has 0 saturated carbocycles. The van der Waals surface area contributed by atoms with Gasteiger partial charge in [-0.3, -0.25) is 29.9 Å². The largest absolute Gasteiger partial charge is 2.00 e. The molecular formula is C44H44F12N6O2P2Ru. The molecule has 0 aliphatic carbocycles. The normalized spacial score (nSPS) is 12.3. The van der Waals surface area contributed by atoms with Crippen molar-refractivity contribution in [3.63, 3.8) is 0 Å². The number of nitrogens with zero attached hydrogens (tertiary/aromatic N) is 6. The van der Waals surface area contributed by atoms with Crippen molar-refractivity contribution in [2.45, 2.75) is 27.7 Å². The minimum atomic E-state index is -10.7. The number of hydrogen-bond acceptors (Lipinski definition) is 8. The zero-order chi connectivity index (χ0) is 50.0. The second kappa shape index (κ2) is 26.0. The van der Waals surface area contributed by atoms with Crippen LogP contribution in [-0.4, -0.2) is 56.3 Å². The van der Waals surface area contributed by atoms with Crippen molar-refractivity contribution in [2.24, 2.45) is 0 Å². The molecule has 0 bridgehead atoms. The number of halogens is 12. The van der Waals surface area contributed by atoms with Crippen LogP contribution in [0.4, 0.5) is 50.4 Å². The maximum atomic E-state index is 9.87. The molecule has 6 heterocycles. The van der Waals surface area contributed by atoms with E-state index in [4.69, 9.17) is 22.3 Å². The van der Waals surface area contributed by atoms with Crippen LogP contribution in [0.1, 0.15) is 38.8 Å². The van der Waals surface area contributed by atoms with E-state index >= 15 is 0 Å². The summed E-state index contributed by atoms with van der Waals surface area (Å²) in [7, 11) is -21.3. The molecule has 23 heteroatoms. The van der Waals surface area contributed by atoms with E-state index in [0.717, 1.165) is 82.1 Å². The molecular weight excluding hydrogens is 1040 g/mol. The fraction of sp³-hybridized carbons (Fsp3) is 0.182. The summed E-state index contributed by atoms with van der Waals surface area (Å²) in [6, 6.07) is 31.0. The van der Waals surface area contributed by atoms with E-state index in [0.29, 0.717) is 0 Å². The Bertz CT molecular complexity index is 2310. The molecule has 0 unspecified atom stereocenters. The summed E-state index contributed by atoms with van der Waals surface area (Å²) in [6.45, 7) is 11.3. The van der Waals surface area contributed by atoms with Gasteiger partial charge in [0.15, 0.2) is 0 Å². The number of ether oxygens (including phenoxy) is 2. The Morgan fingerprint density at radius 2 is 0.657 bits per heavy atom. The number of pyridine rings is 6. The summed E-state index contributed by atoms with van der Waals surface area (Å²) in [4.78, 5) is 25.5. The molecule has 0 radical (unpaired) electrons. The molecule has 1 aromatic carbocycles. The number of aromatic nitrogens is 6. The van der Waals surface area contributed by atoms with Crippen LogP contribution in [0.5, 0.6) is 0 Å². The van der Waals surface area contributed by atoms with E-state index in [1.807, 2.05) is 125 Å². The van der Waals surface area contributed by atoms with Crippen molar-refractivity contribution >= 4 is 37.4 Å². The number of rotatable bonds is 6. The monoisotopic (exact) mass is 1080 g/mol. The van der Waals surface area contributed by atoms with E-state index in [-0.39, 0.29) is 19.5 Å². The van der Waals surface area contributed by atoms with Gasteiger partial charge in [0.2, 0.25) is 0 Å². The Morgan fingerprint density at radius 1 is 0.418 bits per heavy atom. The fourth-order valence-electron chi connectivity index (χ4n) is 4.42. The van der Waals surface area contributed by atoms with Crippen LogP contribution in [-0.2, 0) is 29.0 Å². The molecule has 364 valence electrons. The van der Waals surface area contributed by atoms with E-state index < -0.39 is 15.6 Å². The van der Waals surface area contributed by atoms with Gasteiger partial charge in [-0.1, -0.05) is 48.2 Å². The van der Waals surface area contributed by atoms with Gasteiger partial charge in [-0.25, -0.2) is 0 Å². The predicted octanol–water partition coefficient (Wildman–Crippen LogP) is 15.9. The van der Waals surface area contributed by atoms with E-state index in [2.05, 4.69) is 41.7 Å². The van der Waals surface area contributed by atoms with Gasteiger partial charge in [0.25, 0.3) is 0 Å². The molecule has 6 aromatic heterocycles. The third-order valence-corrected chi connectivity index (χ3v) is 6.84. The second-order valence-corrected chi connectivity index (χ2v) is 16.1. The fourth-order valence-corrected chi connectivity index (χ4v) is 4.42. The summed E-state index contributed by atoms with van der Waals surface area (Å²) in [5, 5.41) is 1.97. The molecule has 0 amide bonds. The van der Waals surface area contributed by atoms with Crippen LogP contribution >= 0.6 is 15.6 Å². The summed E-state index contributed by atoms with van der Waals surface area (Å²) >= 11 is 0. The van der Waals surface area contributed by atoms with E-state index in [1.54, 1.807) is 37.2 Å². The predicted molar refractivity (Wildman–Crippen MR) is 239 cm³/mol. The summed E-state index contributed by atoms with van der Waals surface area (Å²) in [6.07, 6.45) is 21.2. The van der Waals surface area contributed by atoms with Crippen molar-refractivity contribution in [3.8, 4) is 47.5 Å². The van der Waals surface area contributed by atoms with Gasteiger partial charge in [0, 0.05) is 85.5 Å². The summed E-state index contributed by atoms with van der Waals surface area (Å²) in [5.74, 6) is 5.15. The smallest absolute Gasteiger partial charge is 0.255 e. The molecule has 67 heavy (non-hydrogen) atoms. The van der Waals surface area contributed by atoms with E-state index in [1.165, 1.54) is 0 Å². The van der Waals surface area contributed by atoms with Crippen LogP contribution in [0.15, 0.2) is 134 Å². The van der Waals surface area contributed by atoms with Crippen molar-refractivity contribution in [1.29, 1.82) is 0 Å². The van der Waals surface area contributed by atoms with Gasteiger partial charge >= 0.3 is 85.5 Å². The Hall–Kier alpha value is -5.68. The standard InChI is InChI=1S/C16H8N2.2C10H8N2.2C4H10O.2F6P.Ru/c1-3-11-7-13-5-6-14-8-12(4-2)10-18-16(14)15(13)17-9-11;2*1-3-7-11-9(5-1)10-6-2-4-8-12-10;2*1-3-5-4-2;2*1-7(2,3,4,5)6;/h1-2,5-10H;2*1-8H;2*3-4H2,1-2H3;;;/q;;;;;2*-1;+2. The minimum Gasteiger partial charge on any atom is -0.255 e. The minimum absolute atomic E-state index is 0. The van der Waals surface area contributed by atoms with Crippen LogP contribution in [0.2, 0.25) is 0 Å². The van der Waals surface area contributed by atoms with Gasteiger partial charge in [0.05, 0.1) is 33.8 Å². The van der Waals surface area contributed by atoms with Crippen LogP contribution in [0, 0.1) is 24.7 Å². The number of terminal acetylenes is 2. The quantitative estimate of drug-likeness (QED) is 0.0534. The Labute approximate surface area is 392 Å². The number of benzene rings is 1. The first-order chi connectivity index (χ1) is 30.5. The topological polar surface area (TPSA) is 95.8 Å². The maximum Gasteiger partial charge on any atom is 2.00 e. The first-order valence-corrected chi connectivity index (χ1v) is 23.1. The van der Waals surface area contributed by atoms with Gasteiger partial charge in [-0.05, 0) is 88.4 Å². The van der Waals surface area contributed by atoms with Gasteiger partial charge < -0.3 is 9.47 Å². The number of hydrogen-bond donors (Lipinski definition) is 0. The molecule has 0 saturated heterocycles. The van der Waals surface area contributed by atoms with Crippen molar-refractivity contribution < 1.29 is 79.3 Å². The molecule has 0 N–H and O–H groups in total. The molecule has 0 atom stereocenters. The molecule has 7 rings (SSSR count). The van der Waals surface area contributed by atoms with E-state index in [9.17, 15) is 50.4 Å². The first kappa shape index (κ1) is 61.3. The number of fused-ring (bicyclic) bond motifs is 3. The van der Waals surface area contributed by atoms with Gasteiger partial charge in [-0.15, -0.1) is 12.8 Å². The third kappa shape index (κ3) is 34.3. The molecule has 0 aliphatic heterocycles. The summed E-state index contributed by atoms with van der Waals surface area (Å²) in [5.41, 5.74) is 6.88. The molecule has 0 fully saturated rings. The van der Waals surface area contributed by atoms with Crippen LogP contribution < -0.4 is 0 Å². The Balaban J connectivity index is 0.000000799. The van der Waals surface area contributed by atoms with Crippen molar-refractivity contribution in [1.82, 2.24) is 29.9 Å². The third-order valence-electron chi connectivity index (χ3n) is 6.84. The maximum absolute atomic E-state index is 10.7.